The van der Waals surface area contributed by atoms with E-state index in [1.54, 1.807) is 28.4 Å². The van der Waals surface area contributed by atoms with Crippen LogP contribution in [0.15, 0.2) is 97.1 Å². The van der Waals surface area contributed by atoms with E-state index in [0.717, 1.165) is 28.9 Å². The van der Waals surface area contributed by atoms with Crippen molar-refractivity contribution in [3.8, 4) is 23.0 Å². The van der Waals surface area contributed by atoms with Crippen molar-refractivity contribution < 1.29 is 18.9 Å². The third kappa shape index (κ3) is 5.45. The second kappa shape index (κ2) is 12.1. The molecule has 0 aromatic heterocycles. The van der Waals surface area contributed by atoms with Crippen molar-refractivity contribution in [1.29, 1.82) is 0 Å². The average Bonchev–Trinajstić information content (AvgIpc) is 2.94. The van der Waals surface area contributed by atoms with E-state index in [1.165, 1.54) is 21.2 Å². The van der Waals surface area contributed by atoms with Gasteiger partial charge >= 0.3 is 0 Å². The number of methoxy groups -OCH3 is 4. The van der Waals surface area contributed by atoms with E-state index >= 15 is 0 Å². The first-order chi connectivity index (χ1) is 17.2. The lowest BCUT2D eigenvalue weighted by molar-refractivity contribution is 0.417. The summed E-state index contributed by atoms with van der Waals surface area (Å²) in [6.45, 7) is 0. The van der Waals surface area contributed by atoms with E-state index < -0.39 is 15.8 Å². The van der Waals surface area contributed by atoms with Gasteiger partial charge in [0, 0.05) is 27.1 Å². The molecule has 0 bridgehead atoms. The molecule has 0 saturated heterocycles. The Morgan fingerprint density at radius 3 is 0.857 bits per heavy atom. The molecule has 0 N–H and O–H groups in total. The molecule has 0 amide bonds. The fourth-order valence-corrected chi connectivity index (χ4v) is 11.0. The highest BCUT2D eigenvalue weighted by molar-refractivity contribution is 7.88. The Bertz CT molecular complexity index is 1070. The van der Waals surface area contributed by atoms with E-state index in [0.29, 0.717) is 0 Å². The first kappa shape index (κ1) is 25.0. The second-order valence-corrected chi connectivity index (χ2v) is 12.5. The molecule has 4 aromatic rings. The molecular formula is C29H30O4P2. The Kier molecular flexibility index (Phi) is 8.64. The average molecular weight is 505 g/mol. The van der Waals surface area contributed by atoms with Crippen LogP contribution < -0.4 is 40.2 Å². The van der Waals surface area contributed by atoms with E-state index in [1.807, 2.05) is 48.5 Å². The lowest BCUT2D eigenvalue weighted by Gasteiger charge is -2.29. The largest absolute Gasteiger partial charge is 0.496 e. The van der Waals surface area contributed by atoms with Crippen molar-refractivity contribution in [2.75, 3.05) is 34.3 Å². The lowest BCUT2D eigenvalue weighted by Crippen LogP contribution is -2.23. The SMILES string of the molecule is COc1ccccc1P(CP(c1ccccc1OC)c1ccccc1OC)c1ccccc1OC. The molecule has 4 nitrogen and oxygen atoms in total. The van der Waals surface area contributed by atoms with E-state index in [2.05, 4.69) is 48.5 Å². The van der Waals surface area contributed by atoms with Crippen LogP contribution in [-0.2, 0) is 0 Å². The molecular weight excluding hydrogens is 474 g/mol. The van der Waals surface area contributed by atoms with Crippen molar-refractivity contribution in [2.45, 2.75) is 0 Å². The van der Waals surface area contributed by atoms with Crippen molar-refractivity contribution >= 4 is 37.1 Å². The van der Waals surface area contributed by atoms with Gasteiger partial charge in [-0.05, 0) is 40.1 Å². The van der Waals surface area contributed by atoms with Crippen LogP contribution in [0.4, 0.5) is 0 Å². The topological polar surface area (TPSA) is 36.9 Å². The Morgan fingerprint density at radius 1 is 0.400 bits per heavy atom. The van der Waals surface area contributed by atoms with Crippen LogP contribution in [0.5, 0.6) is 23.0 Å². The van der Waals surface area contributed by atoms with Gasteiger partial charge in [0.15, 0.2) is 0 Å². The predicted octanol–water partition coefficient (Wildman–Crippen LogP) is 5.24. The summed E-state index contributed by atoms with van der Waals surface area (Å²) in [5, 5.41) is 4.75. The summed E-state index contributed by atoms with van der Waals surface area (Å²) in [5.74, 6) is 4.43. The molecule has 0 radical (unpaired) electrons. The number of benzene rings is 4. The highest BCUT2D eigenvalue weighted by atomic mass is 31.2. The van der Waals surface area contributed by atoms with Crippen LogP contribution >= 0.6 is 15.8 Å². The Morgan fingerprint density at radius 2 is 0.629 bits per heavy atom. The van der Waals surface area contributed by atoms with Gasteiger partial charge in [0.2, 0.25) is 0 Å². The maximum absolute atomic E-state index is 5.84. The van der Waals surface area contributed by atoms with Crippen molar-refractivity contribution in [3.63, 3.8) is 0 Å². The lowest BCUT2D eigenvalue weighted by atomic mass is 10.3. The highest BCUT2D eigenvalue weighted by Crippen LogP contribution is 2.53. The molecule has 4 rings (SSSR count). The minimum Gasteiger partial charge on any atom is -0.496 e. The Labute approximate surface area is 210 Å². The van der Waals surface area contributed by atoms with Crippen LogP contribution in [0.3, 0.4) is 0 Å². The number of para-hydroxylation sites is 4. The normalized spacial score (nSPS) is 10.9. The molecule has 0 aliphatic heterocycles. The smallest absolute Gasteiger partial charge is 0.126 e. The molecule has 180 valence electrons. The molecule has 0 atom stereocenters. The van der Waals surface area contributed by atoms with E-state index in [4.69, 9.17) is 18.9 Å². The molecule has 0 aliphatic rings. The van der Waals surface area contributed by atoms with Crippen LogP contribution in [0.2, 0.25) is 0 Å². The zero-order valence-electron chi connectivity index (χ0n) is 20.5. The molecule has 0 spiro atoms. The minimum atomic E-state index is -0.858. The third-order valence-electron chi connectivity index (χ3n) is 5.79. The van der Waals surface area contributed by atoms with Crippen LogP contribution in [0.1, 0.15) is 0 Å². The molecule has 6 heteroatoms. The summed E-state index contributed by atoms with van der Waals surface area (Å²) in [5.41, 5.74) is 0. The predicted molar refractivity (Wildman–Crippen MR) is 149 cm³/mol. The quantitative estimate of drug-likeness (QED) is 0.277. The summed E-state index contributed by atoms with van der Waals surface area (Å²) in [4.78, 5) is 0. The fraction of sp³-hybridized carbons (Fsp3) is 0.172. The second-order valence-electron chi connectivity index (χ2n) is 7.68. The number of ether oxygens (including phenoxy) is 4. The molecule has 35 heavy (non-hydrogen) atoms. The summed E-state index contributed by atoms with van der Waals surface area (Å²) >= 11 is 0. The first-order valence-corrected chi connectivity index (χ1v) is 14.3. The zero-order chi connectivity index (χ0) is 24.6. The number of hydrogen-bond acceptors (Lipinski definition) is 4. The summed E-state index contributed by atoms with van der Waals surface area (Å²) < 4.78 is 23.3. The van der Waals surface area contributed by atoms with Gasteiger partial charge in [-0.15, -0.1) is 0 Å². The van der Waals surface area contributed by atoms with Gasteiger partial charge in [0.05, 0.1) is 28.4 Å². The first-order valence-electron chi connectivity index (χ1n) is 11.3. The molecule has 0 unspecified atom stereocenters. The van der Waals surface area contributed by atoms with Gasteiger partial charge in [-0.3, -0.25) is 0 Å². The molecule has 4 aromatic carbocycles. The van der Waals surface area contributed by atoms with Crippen molar-refractivity contribution in [1.82, 2.24) is 0 Å². The van der Waals surface area contributed by atoms with Gasteiger partial charge in [0.1, 0.15) is 23.0 Å². The van der Waals surface area contributed by atoms with Gasteiger partial charge in [-0.1, -0.05) is 72.8 Å². The highest BCUT2D eigenvalue weighted by Gasteiger charge is 2.29. The third-order valence-corrected chi connectivity index (χ3v) is 11.9. The van der Waals surface area contributed by atoms with Gasteiger partial charge in [-0.25, -0.2) is 0 Å². The van der Waals surface area contributed by atoms with Gasteiger partial charge in [-0.2, -0.15) is 0 Å². The summed E-state index contributed by atoms with van der Waals surface area (Å²) in [6, 6.07) is 33.2. The van der Waals surface area contributed by atoms with E-state index in [-0.39, 0.29) is 0 Å². The van der Waals surface area contributed by atoms with Crippen LogP contribution in [0, 0.1) is 0 Å². The molecule has 0 aliphatic carbocycles. The fourth-order valence-electron chi connectivity index (χ4n) is 4.12. The van der Waals surface area contributed by atoms with Crippen molar-refractivity contribution in [3.05, 3.63) is 97.1 Å². The molecule has 0 fully saturated rings. The monoisotopic (exact) mass is 504 g/mol. The standard InChI is InChI=1S/C29H30O4P2/c1-30-22-13-5-9-17-26(22)34(27-18-10-6-14-23(27)31-2)21-35(28-19-11-7-15-24(28)32-3)29-20-12-8-16-25(29)33-4/h5-20H,21H2,1-4H3. The maximum atomic E-state index is 5.84. The van der Waals surface area contributed by atoms with E-state index in [9.17, 15) is 0 Å². The Hall–Kier alpha value is -3.06. The van der Waals surface area contributed by atoms with Crippen LogP contribution in [-0.4, -0.2) is 34.3 Å². The maximum Gasteiger partial charge on any atom is 0.126 e. The van der Waals surface area contributed by atoms with Crippen LogP contribution in [0.25, 0.3) is 0 Å². The minimum absolute atomic E-state index is 0.858. The summed E-state index contributed by atoms with van der Waals surface area (Å²) in [6.07, 6.45) is 0. The van der Waals surface area contributed by atoms with Crippen molar-refractivity contribution in [2.24, 2.45) is 0 Å². The van der Waals surface area contributed by atoms with Gasteiger partial charge < -0.3 is 18.9 Å². The van der Waals surface area contributed by atoms with Gasteiger partial charge in [0.25, 0.3) is 0 Å². The zero-order valence-corrected chi connectivity index (χ0v) is 22.3. The number of hydrogen-bond donors (Lipinski definition) is 0. The Balaban J connectivity index is 1.94. The molecule has 0 saturated carbocycles. The number of rotatable bonds is 10. The molecule has 0 heterocycles. The summed E-state index contributed by atoms with van der Waals surface area (Å²) in [7, 11) is 5.22.